The lowest BCUT2D eigenvalue weighted by Gasteiger charge is -2.12. The third-order valence-electron chi connectivity index (χ3n) is 3.19. The summed E-state index contributed by atoms with van der Waals surface area (Å²) < 4.78 is 0. The Morgan fingerprint density at radius 2 is 1.65 bits per heavy atom. The number of anilines is 1. The second kappa shape index (κ2) is 6.75. The van der Waals surface area contributed by atoms with Gasteiger partial charge in [-0.15, -0.1) is 0 Å². The van der Waals surface area contributed by atoms with Gasteiger partial charge >= 0.3 is 0 Å². The highest BCUT2D eigenvalue weighted by Crippen LogP contribution is 2.12. The Morgan fingerprint density at radius 1 is 1.00 bits per heavy atom. The molecular formula is C17H20N2O. The molecule has 0 unspecified atom stereocenters. The third-order valence-corrected chi connectivity index (χ3v) is 3.19. The minimum absolute atomic E-state index is 0.0180. The number of benzene rings is 2. The molecule has 20 heavy (non-hydrogen) atoms. The van der Waals surface area contributed by atoms with Gasteiger partial charge in [0.25, 0.3) is 5.91 Å². The smallest absolute Gasteiger partial charge is 0.251 e. The molecule has 0 fully saturated rings. The Bertz CT molecular complexity index is 547. The molecular weight excluding hydrogens is 248 g/mol. The predicted molar refractivity (Wildman–Crippen MR) is 83.2 cm³/mol. The summed E-state index contributed by atoms with van der Waals surface area (Å²) >= 11 is 0. The van der Waals surface area contributed by atoms with E-state index < -0.39 is 0 Å². The molecule has 0 bridgehead atoms. The molecule has 2 aromatic rings. The fourth-order valence-corrected chi connectivity index (χ4v) is 1.97. The fourth-order valence-electron chi connectivity index (χ4n) is 1.97. The second-order valence-electron chi connectivity index (χ2n) is 4.93. The summed E-state index contributed by atoms with van der Waals surface area (Å²) in [5.41, 5.74) is 3.11. The van der Waals surface area contributed by atoms with Crippen molar-refractivity contribution in [2.45, 2.75) is 6.42 Å². The van der Waals surface area contributed by atoms with Crippen LogP contribution in [0.4, 0.5) is 5.69 Å². The van der Waals surface area contributed by atoms with Gasteiger partial charge in [0.15, 0.2) is 0 Å². The molecule has 0 aliphatic rings. The van der Waals surface area contributed by atoms with Crippen molar-refractivity contribution >= 4 is 11.6 Å². The van der Waals surface area contributed by atoms with Gasteiger partial charge in [0, 0.05) is 31.9 Å². The van der Waals surface area contributed by atoms with Gasteiger partial charge < -0.3 is 10.2 Å². The fraction of sp³-hybridized carbons (Fsp3) is 0.235. The number of hydrogen-bond donors (Lipinski definition) is 1. The van der Waals surface area contributed by atoms with Crippen molar-refractivity contribution in [2.24, 2.45) is 0 Å². The van der Waals surface area contributed by atoms with Gasteiger partial charge in [-0.3, -0.25) is 4.79 Å². The summed E-state index contributed by atoms with van der Waals surface area (Å²) in [6, 6.07) is 17.7. The van der Waals surface area contributed by atoms with E-state index in [9.17, 15) is 4.79 Å². The summed E-state index contributed by atoms with van der Waals surface area (Å²) in [4.78, 5) is 13.9. The molecule has 0 saturated carbocycles. The van der Waals surface area contributed by atoms with Crippen LogP contribution in [0.15, 0.2) is 54.6 Å². The molecule has 3 heteroatoms. The monoisotopic (exact) mass is 268 g/mol. The van der Waals surface area contributed by atoms with Gasteiger partial charge in [0.05, 0.1) is 0 Å². The zero-order valence-corrected chi connectivity index (χ0v) is 12.0. The number of nitrogens with zero attached hydrogens (tertiary/aromatic N) is 1. The van der Waals surface area contributed by atoms with Gasteiger partial charge in [-0.2, -0.15) is 0 Å². The van der Waals surface area contributed by atoms with Crippen molar-refractivity contribution in [3.8, 4) is 0 Å². The van der Waals surface area contributed by atoms with E-state index in [-0.39, 0.29) is 5.91 Å². The van der Waals surface area contributed by atoms with Crippen LogP contribution < -0.4 is 10.2 Å². The van der Waals surface area contributed by atoms with Crippen LogP contribution in [-0.4, -0.2) is 26.5 Å². The first kappa shape index (κ1) is 14.1. The summed E-state index contributed by atoms with van der Waals surface area (Å²) in [7, 11) is 4.05. The average molecular weight is 268 g/mol. The minimum Gasteiger partial charge on any atom is -0.378 e. The van der Waals surface area contributed by atoms with E-state index in [2.05, 4.69) is 34.5 Å². The largest absolute Gasteiger partial charge is 0.378 e. The first-order chi connectivity index (χ1) is 9.66. The molecule has 104 valence electrons. The quantitative estimate of drug-likeness (QED) is 0.904. The van der Waals surface area contributed by atoms with Crippen LogP contribution in [0.5, 0.6) is 0 Å². The highest BCUT2D eigenvalue weighted by molar-refractivity contribution is 5.94. The lowest BCUT2D eigenvalue weighted by atomic mass is 10.1. The Morgan fingerprint density at radius 3 is 2.25 bits per heavy atom. The molecule has 0 atom stereocenters. The standard InChI is InChI=1S/C17H20N2O/c1-19(2)16-10-8-14(9-11-16)12-13-18-17(20)15-6-4-3-5-7-15/h3-11H,12-13H2,1-2H3,(H,18,20). The maximum Gasteiger partial charge on any atom is 0.251 e. The average Bonchev–Trinajstić information content (AvgIpc) is 2.48. The molecule has 1 amide bonds. The number of carbonyl (C=O) groups excluding carboxylic acids is 1. The highest BCUT2D eigenvalue weighted by Gasteiger charge is 2.03. The molecule has 2 rings (SSSR count). The molecule has 0 aromatic heterocycles. The highest BCUT2D eigenvalue weighted by atomic mass is 16.1. The molecule has 0 saturated heterocycles. The molecule has 0 radical (unpaired) electrons. The Kier molecular flexibility index (Phi) is 4.77. The predicted octanol–water partition coefficient (Wildman–Crippen LogP) is 2.73. The normalized spacial score (nSPS) is 10.1. The third kappa shape index (κ3) is 3.85. The molecule has 0 heterocycles. The summed E-state index contributed by atoms with van der Waals surface area (Å²) in [6.07, 6.45) is 0.840. The zero-order valence-electron chi connectivity index (χ0n) is 12.0. The summed E-state index contributed by atoms with van der Waals surface area (Å²) in [5, 5.41) is 2.94. The van der Waals surface area contributed by atoms with Crippen LogP contribution in [0.1, 0.15) is 15.9 Å². The van der Waals surface area contributed by atoms with Crippen LogP contribution in [0.3, 0.4) is 0 Å². The number of rotatable bonds is 5. The summed E-state index contributed by atoms with van der Waals surface area (Å²) in [6.45, 7) is 0.648. The van der Waals surface area contributed by atoms with Crippen molar-refractivity contribution in [2.75, 3.05) is 25.5 Å². The van der Waals surface area contributed by atoms with E-state index in [0.29, 0.717) is 12.1 Å². The zero-order chi connectivity index (χ0) is 14.4. The molecule has 0 aliphatic carbocycles. The van der Waals surface area contributed by atoms with Crippen molar-refractivity contribution in [3.63, 3.8) is 0 Å². The van der Waals surface area contributed by atoms with E-state index >= 15 is 0 Å². The molecule has 0 aliphatic heterocycles. The van der Waals surface area contributed by atoms with Gasteiger partial charge in [0.2, 0.25) is 0 Å². The van der Waals surface area contributed by atoms with Crippen molar-refractivity contribution in [3.05, 3.63) is 65.7 Å². The van der Waals surface area contributed by atoms with E-state index in [1.165, 1.54) is 11.3 Å². The first-order valence-corrected chi connectivity index (χ1v) is 6.76. The SMILES string of the molecule is CN(C)c1ccc(CCNC(=O)c2ccccc2)cc1. The van der Waals surface area contributed by atoms with Gasteiger partial charge in [-0.05, 0) is 36.2 Å². The van der Waals surface area contributed by atoms with Crippen LogP contribution in [-0.2, 0) is 6.42 Å². The number of carbonyl (C=O) groups is 1. The molecule has 2 aromatic carbocycles. The number of hydrogen-bond acceptors (Lipinski definition) is 2. The van der Waals surface area contributed by atoms with Crippen molar-refractivity contribution in [1.29, 1.82) is 0 Å². The molecule has 1 N–H and O–H groups in total. The van der Waals surface area contributed by atoms with Crippen LogP contribution >= 0.6 is 0 Å². The van der Waals surface area contributed by atoms with Crippen molar-refractivity contribution < 1.29 is 4.79 Å². The molecule has 0 spiro atoms. The Hall–Kier alpha value is -2.29. The van der Waals surface area contributed by atoms with Crippen LogP contribution in [0.25, 0.3) is 0 Å². The molecule has 3 nitrogen and oxygen atoms in total. The van der Waals surface area contributed by atoms with E-state index in [4.69, 9.17) is 0 Å². The topological polar surface area (TPSA) is 32.3 Å². The maximum absolute atomic E-state index is 11.9. The lowest BCUT2D eigenvalue weighted by Crippen LogP contribution is -2.25. The van der Waals surface area contributed by atoms with Crippen molar-refractivity contribution in [1.82, 2.24) is 5.32 Å². The Balaban J connectivity index is 1.82. The minimum atomic E-state index is -0.0180. The van der Waals surface area contributed by atoms with E-state index in [0.717, 1.165) is 6.42 Å². The Labute approximate surface area is 120 Å². The van der Waals surface area contributed by atoms with Gasteiger partial charge in [0.1, 0.15) is 0 Å². The van der Waals surface area contributed by atoms with Gasteiger partial charge in [-0.25, -0.2) is 0 Å². The lowest BCUT2D eigenvalue weighted by molar-refractivity contribution is 0.0954. The number of nitrogens with one attached hydrogen (secondary N) is 1. The number of amides is 1. The van der Waals surface area contributed by atoms with E-state index in [1.54, 1.807) is 0 Å². The maximum atomic E-state index is 11.9. The second-order valence-corrected chi connectivity index (χ2v) is 4.93. The van der Waals surface area contributed by atoms with Gasteiger partial charge in [-0.1, -0.05) is 30.3 Å². The van der Waals surface area contributed by atoms with E-state index in [1.807, 2.05) is 44.4 Å². The van der Waals surface area contributed by atoms with Crippen LogP contribution in [0.2, 0.25) is 0 Å². The first-order valence-electron chi connectivity index (χ1n) is 6.76. The van der Waals surface area contributed by atoms with Crippen LogP contribution in [0, 0.1) is 0 Å². The summed E-state index contributed by atoms with van der Waals surface area (Å²) in [5.74, 6) is -0.0180.